The summed E-state index contributed by atoms with van der Waals surface area (Å²) in [7, 11) is 0. The molecule has 61 heavy (non-hydrogen) atoms. The van der Waals surface area contributed by atoms with Gasteiger partial charge in [-0.2, -0.15) is 0 Å². The van der Waals surface area contributed by atoms with Crippen LogP contribution in [0.4, 0.5) is 0 Å². The van der Waals surface area contributed by atoms with Crippen molar-refractivity contribution in [2.75, 3.05) is 6.61 Å². The molecule has 0 spiro atoms. The van der Waals surface area contributed by atoms with Gasteiger partial charge in [0.25, 0.3) is 0 Å². The van der Waals surface area contributed by atoms with Gasteiger partial charge in [-0.15, -0.1) is 0 Å². The molecule has 0 unspecified atom stereocenters. The fourth-order valence-corrected chi connectivity index (χ4v) is 9.39. The van der Waals surface area contributed by atoms with Gasteiger partial charge in [-0.05, 0) is 90.0 Å². The fourth-order valence-electron chi connectivity index (χ4n) is 9.39. The third-order valence-electron chi connectivity index (χ3n) is 12.8. The van der Waals surface area contributed by atoms with E-state index in [1.807, 2.05) is 13.0 Å². The Balaban J connectivity index is 1.15. The Morgan fingerprint density at radius 2 is 1.16 bits per heavy atom. The molecule has 352 valence electrons. The second kappa shape index (κ2) is 27.9. The Morgan fingerprint density at radius 3 is 1.70 bits per heavy atom. The van der Waals surface area contributed by atoms with Crippen molar-refractivity contribution in [3.63, 3.8) is 0 Å². The molecule has 4 N–H and O–H groups in total. The van der Waals surface area contributed by atoms with E-state index in [9.17, 15) is 34.8 Å². The number of aliphatic hydroxyl groups is 4. The number of unbranched alkanes of at least 4 members (excludes halogenated alkanes) is 12. The van der Waals surface area contributed by atoms with Gasteiger partial charge in [0.15, 0.2) is 6.29 Å². The molecule has 4 rings (SSSR count). The second-order valence-corrected chi connectivity index (χ2v) is 18.0. The molecule has 14 nitrogen and oxygen atoms in total. The quantitative estimate of drug-likeness (QED) is 0.0333. The Morgan fingerprint density at radius 1 is 0.656 bits per heavy atom. The van der Waals surface area contributed by atoms with E-state index in [0.717, 1.165) is 108 Å². The Kier molecular flexibility index (Phi) is 23.5. The number of hydrogen-bond acceptors (Lipinski definition) is 14. The van der Waals surface area contributed by atoms with Gasteiger partial charge in [-0.3, -0.25) is 9.59 Å². The molecule has 0 aromatic heterocycles. The van der Waals surface area contributed by atoms with Crippen molar-refractivity contribution in [2.24, 2.45) is 0 Å². The lowest BCUT2D eigenvalue weighted by atomic mass is 9.98. The van der Waals surface area contributed by atoms with Crippen LogP contribution in [-0.4, -0.2) is 124 Å². The lowest BCUT2D eigenvalue weighted by Gasteiger charge is -2.38. The summed E-state index contributed by atoms with van der Waals surface area (Å²) >= 11 is 0. The predicted molar refractivity (Wildman–Crippen MR) is 227 cm³/mol. The average molecular weight is 869 g/mol. The number of rotatable bonds is 30. The number of carbonyl (C=O) groups is 3. The minimum absolute atomic E-state index is 0.0501. The van der Waals surface area contributed by atoms with E-state index in [-0.39, 0.29) is 67.2 Å². The first kappa shape index (κ1) is 51.5. The van der Waals surface area contributed by atoms with Gasteiger partial charge < -0.3 is 53.6 Å². The van der Waals surface area contributed by atoms with E-state index in [2.05, 4.69) is 6.92 Å². The monoisotopic (exact) mass is 869 g/mol. The molecule has 0 aromatic rings. The standard InChI is InChI=1S/C47H80O14/c1-5-6-7-17-21-35(55-30-42-43(50)44(51)45(52)47(54)61-42)22-19-24-37(58-33(4)49)39-26-28-41(60-39)40-27-25-38(59-40)36(57-32(3)48)23-18-15-13-11-9-8-10-12-14-16-20-34-29-31(2)56-46(34)53/h29,31,35-45,47,50-52,54H,5-28,30H2,1-4H3/t31-,35-,36+,37-,38+,39+,40+,41+,42+,43+,44-,45+,47+/m0/s1. The molecule has 4 aliphatic rings. The molecule has 0 aliphatic carbocycles. The lowest BCUT2D eigenvalue weighted by Crippen LogP contribution is -2.58. The SMILES string of the molecule is CCCCCC[C@@H](CCC[C@H](OC(C)=O)[C@H]1CC[C@H]([C@H]2CC[C@H]([C@@H](CCCCCCCCCCCCC3=C[C@H](C)OC3=O)OC(C)=O)O2)O1)OC[C@H]1O[C@@H](O)[C@H](O)[C@@H](O)[C@@H]1O. The maximum Gasteiger partial charge on any atom is 0.334 e. The van der Waals surface area contributed by atoms with Gasteiger partial charge in [0.05, 0.1) is 37.1 Å². The molecule has 4 aliphatic heterocycles. The van der Waals surface area contributed by atoms with Gasteiger partial charge in [0, 0.05) is 19.4 Å². The normalized spacial score (nSPS) is 30.5. The summed E-state index contributed by atoms with van der Waals surface area (Å²) in [5, 5.41) is 40.3. The third kappa shape index (κ3) is 18.1. The summed E-state index contributed by atoms with van der Waals surface area (Å²) < 4.78 is 41.4. The smallest absolute Gasteiger partial charge is 0.334 e. The second-order valence-electron chi connectivity index (χ2n) is 18.0. The van der Waals surface area contributed by atoms with Crippen molar-refractivity contribution >= 4 is 17.9 Å². The highest BCUT2D eigenvalue weighted by atomic mass is 16.6. The van der Waals surface area contributed by atoms with Gasteiger partial charge in [0.1, 0.15) is 42.7 Å². The molecule has 13 atom stereocenters. The summed E-state index contributed by atoms with van der Waals surface area (Å²) in [6.07, 6.45) is 16.3. The molecule has 0 saturated carbocycles. The number of carbonyl (C=O) groups excluding carboxylic acids is 3. The minimum atomic E-state index is -1.62. The minimum Gasteiger partial charge on any atom is -0.460 e. The number of ether oxygens (including phenoxy) is 7. The van der Waals surface area contributed by atoms with Gasteiger partial charge in [-0.1, -0.05) is 84.0 Å². The van der Waals surface area contributed by atoms with E-state index >= 15 is 0 Å². The Hall–Kier alpha value is -2.17. The van der Waals surface area contributed by atoms with Crippen LogP contribution in [0.25, 0.3) is 0 Å². The molecular formula is C47H80O14. The zero-order valence-electron chi connectivity index (χ0n) is 37.6. The number of cyclic esters (lactones) is 1. The first-order chi connectivity index (χ1) is 29.4. The van der Waals surface area contributed by atoms with Crippen LogP contribution in [0.5, 0.6) is 0 Å². The predicted octanol–water partition coefficient (Wildman–Crippen LogP) is 6.82. The summed E-state index contributed by atoms with van der Waals surface area (Å²) in [5.74, 6) is -0.804. The Bertz CT molecular complexity index is 1310. The van der Waals surface area contributed by atoms with Crippen LogP contribution < -0.4 is 0 Å². The van der Waals surface area contributed by atoms with Crippen LogP contribution in [0.3, 0.4) is 0 Å². The van der Waals surface area contributed by atoms with Crippen molar-refractivity contribution in [3.8, 4) is 0 Å². The van der Waals surface area contributed by atoms with Crippen LogP contribution >= 0.6 is 0 Å². The van der Waals surface area contributed by atoms with E-state index in [4.69, 9.17) is 33.2 Å². The molecule has 0 radical (unpaired) electrons. The average Bonchev–Trinajstić information content (AvgIpc) is 3.99. The molecule has 0 bridgehead atoms. The van der Waals surface area contributed by atoms with Crippen LogP contribution in [0, 0.1) is 0 Å². The third-order valence-corrected chi connectivity index (χ3v) is 12.8. The van der Waals surface area contributed by atoms with E-state index in [0.29, 0.717) is 19.3 Å². The molecular weight excluding hydrogens is 789 g/mol. The molecule has 3 fully saturated rings. The van der Waals surface area contributed by atoms with Crippen LogP contribution in [0.15, 0.2) is 11.6 Å². The highest BCUT2D eigenvalue weighted by molar-refractivity contribution is 5.90. The summed E-state index contributed by atoms with van der Waals surface area (Å²) in [5.41, 5.74) is 0.835. The van der Waals surface area contributed by atoms with Crippen molar-refractivity contribution in [3.05, 3.63) is 11.6 Å². The number of aliphatic hydroxyl groups excluding tert-OH is 4. The number of esters is 3. The van der Waals surface area contributed by atoms with Crippen LogP contribution in [0.1, 0.15) is 182 Å². The Labute approximate surface area is 364 Å². The van der Waals surface area contributed by atoms with Gasteiger partial charge >= 0.3 is 17.9 Å². The zero-order chi connectivity index (χ0) is 44.1. The van der Waals surface area contributed by atoms with E-state index in [1.54, 1.807) is 0 Å². The highest BCUT2D eigenvalue weighted by Crippen LogP contribution is 2.36. The maximum atomic E-state index is 12.2. The van der Waals surface area contributed by atoms with Crippen molar-refractivity contribution in [1.29, 1.82) is 0 Å². The van der Waals surface area contributed by atoms with Crippen molar-refractivity contribution in [1.82, 2.24) is 0 Å². The topological polar surface area (TPSA) is 197 Å². The molecule has 3 saturated heterocycles. The summed E-state index contributed by atoms with van der Waals surface area (Å²) in [6, 6.07) is 0. The summed E-state index contributed by atoms with van der Waals surface area (Å²) in [6.45, 7) is 6.87. The molecule has 0 aromatic carbocycles. The van der Waals surface area contributed by atoms with Crippen LogP contribution in [0.2, 0.25) is 0 Å². The van der Waals surface area contributed by atoms with E-state index < -0.39 is 36.8 Å². The maximum absolute atomic E-state index is 12.2. The first-order valence-corrected chi connectivity index (χ1v) is 23.9. The number of hydrogen-bond donors (Lipinski definition) is 4. The van der Waals surface area contributed by atoms with E-state index in [1.165, 1.54) is 46.0 Å². The molecule has 14 heteroatoms. The zero-order valence-corrected chi connectivity index (χ0v) is 37.6. The molecule has 4 heterocycles. The van der Waals surface area contributed by atoms with Crippen molar-refractivity contribution < 1.29 is 68.0 Å². The highest BCUT2D eigenvalue weighted by Gasteiger charge is 2.44. The lowest BCUT2D eigenvalue weighted by molar-refractivity contribution is -0.290. The van der Waals surface area contributed by atoms with Crippen molar-refractivity contribution in [2.45, 2.75) is 261 Å². The summed E-state index contributed by atoms with van der Waals surface area (Å²) in [4.78, 5) is 36.1. The molecule has 0 amide bonds. The van der Waals surface area contributed by atoms with Gasteiger partial charge in [-0.25, -0.2) is 4.79 Å². The van der Waals surface area contributed by atoms with Crippen LogP contribution in [-0.2, 0) is 47.5 Å². The van der Waals surface area contributed by atoms with Gasteiger partial charge in [0.2, 0.25) is 0 Å². The first-order valence-electron chi connectivity index (χ1n) is 23.9. The largest absolute Gasteiger partial charge is 0.460 e. The fraction of sp³-hybridized carbons (Fsp3) is 0.894.